The van der Waals surface area contributed by atoms with E-state index in [0.717, 1.165) is 0 Å². The van der Waals surface area contributed by atoms with Gasteiger partial charge in [0.1, 0.15) is 10.8 Å². The number of fused-ring (bicyclic) bond motifs is 4. The van der Waals surface area contributed by atoms with Gasteiger partial charge in [0, 0.05) is 12.8 Å². The van der Waals surface area contributed by atoms with Gasteiger partial charge < -0.3 is 9.47 Å². The topological polar surface area (TPSA) is 86.7 Å². The molecule has 3 rings (SSSR count). The third-order valence-corrected chi connectivity index (χ3v) is 4.53. The van der Waals surface area contributed by atoms with Crippen LogP contribution in [0, 0.1) is 10.8 Å². The van der Waals surface area contributed by atoms with Gasteiger partial charge in [-0.25, -0.2) is 0 Å². The SMILES string of the molecule is CCOC(=O)[C@]12CCC[C@](C(=O)OCC)(CC1=O)C(=O)C2. The van der Waals surface area contributed by atoms with Crippen LogP contribution in [0.15, 0.2) is 0 Å². The van der Waals surface area contributed by atoms with Crippen LogP contribution in [0.1, 0.15) is 46.0 Å². The summed E-state index contributed by atoms with van der Waals surface area (Å²) in [5.74, 6) is -2.01. The Bertz CT molecular complexity index is 452. The van der Waals surface area contributed by atoms with Crippen molar-refractivity contribution >= 4 is 23.5 Å². The molecule has 116 valence electrons. The summed E-state index contributed by atoms with van der Waals surface area (Å²) in [6, 6.07) is 0. The molecule has 2 atom stereocenters. The zero-order chi connectivity index (χ0) is 15.7. The third-order valence-electron chi connectivity index (χ3n) is 4.53. The Morgan fingerprint density at radius 3 is 1.62 bits per heavy atom. The minimum atomic E-state index is -1.39. The molecule has 0 unspecified atom stereocenters. The number of carbonyl (C=O) groups excluding carboxylic acids is 4. The summed E-state index contributed by atoms with van der Waals surface area (Å²) in [6.07, 6.45) is 0.483. The minimum Gasteiger partial charge on any atom is -0.465 e. The van der Waals surface area contributed by atoms with Crippen molar-refractivity contribution in [3.8, 4) is 0 Å². The van der Waals surface area contributed by atoms with Crippen LogP contribution in [0.4, 0.5) is 0 Å². The molecule has 0 aromatic carbocycles. The van der Waals surface area contributed by atoms with Crippen LogP contribution >= 0.6 is 0 Å². The quantitative estimate of drug-likeness (QED) is 0.572. The van der Waals surface area contributed by atoms with Crippen molar-refractivity contribution in [1.82, 2.24) is 0 Å². The average molecular weight is 296 g/mol. The van der Waals surface area contributed by atoms with Crippen molar-refractivity contribution in [2.45, 2.75) is 46.0 Å². The minimum absolute atomic E-state index is 0.158. The second-order valence-corrected chi connectivity index (χ2v) is 5.66. The average Bonchev–Trinajstić information content (AvgIpc) is 2.67. The molecular formula is C15H20O6. The summed E-state index contributed by atoms with van der Waals surface area (Å²) in [6.45, 7) is 3.63. The zero-order valence-corrected chi connectivity index (χ0v) is 12.4. The summed E-state index contributed by atoms with van der Waals surface area (Å²) < 4.78 is 9.97. The second kappa shape index (κ2) is 5.58. The van der Waals surface area contributed by atoms with Crippen molar-refractivity contribution in [2.75, 3.05) is 13.2 Å². The number of esters is 2. The largest absolute Gasteiger partial charge is 0.465 e. The number of rotatable bonds is 4. The van der Waals surface area contributed by atoms with E-state index in [4.69, 9.17) is 9.47 Å². The van der Waals surface area contributed by atoms with Gasteiger partial charge in [-0.15, -0.1) is 0 Å². The van der Waals surface area contributed by atoms with Gasteiger partial charge in [-0.3, -0.25) is 19.2 Å². The summed E-state index contributed by atoms with van der Waals surface area (Å²) in [5, 5.41) is 0. The maximum Gasteiger partial charge on any atom is 0.320 e. The van der Waals surface area contributed by atoms with E-state index >= 15 is 0 Å². The van der Waals surface area contributed by atoms with Crippen LogP contribution in [0.5, 0.6) is 0 Å². The van der Waals surface area contributed by atoms with Gasteiger partial charge in [0.2, 0.25) is 0 Å². The summed E-state index contributed by atoms with van der Waals surface area (Å²) >= 11 is 0. The second-order valence-electron chi connectivity index (χ2n) is 5.66. The molecule has 0 aromatic heterocycles. The van der Waals surface area contributed by atoms with Crippen molar-refractivity contribution in [2.24, 2.45) is 10.8 Å². The fourth-order valence-electron chi connectivity index (χ4n) is 3.35. The highest BCUT2D eigenvalue weighted by atomic mass is 16.5. The molecule has 6 nitrogen and oxygen atoms in total. The molecule has 0 saturated heterocycles. The van der Waals surface area contributed by atoms with Gasteiger partial charge in [-0.2, -0.15) is 0 Å². The zero-order valence-electron chi connectivity index (χ0n) is 12.4. The fraction of sp³-hybridized carbons (Fsp3) is 0.733. The summed E-state index contributed by atoms with van der Waals surface area (Å²) in [7, 11) is 0. The Morgan fingerprint density at radius 2 is 1.29 bits per heavy atom. The van der Waals surface area contributed by atoms with E-state index in [1.807, 2.05) is 0 Å². The molecule has 0 heterocycles. The van der Waals surface area contributed by atoms with E-state index in [0.29, 0.717) is 6.42 Å². The fourth-order valence-corrected chi connectivity index (χ4v) is 3.35. The van der Waals surface area contributed by atoms with Crippen molar-refractivity contribution in [3.05, 3.63) is 0 Å². The van der Waals surface area contributed by atoms with Crippen LogP contribution in [-0.4, -0.2) is 36.7 Å². The van der Waals surface area contributed by atoms with Crippen LogP contribution in [0.2, 0.25) is 0 Å². The van der Waals surface area contributed by atoms with E-state index in [2.05, 4.69) is 0 Å². The normalized spacial score (nSPS) is 31.7. The van der Waals surface area contributed by atoms with E-state index < -0.39 is 22.8 Å². The molecule has 3 fully saturated rings. The molecule has 0 amide bonds. The van der Waals surface area contributed by atoms with Gasteiger partial charge in [-0.1, -0.05) is 6.42 Å². The Labute approximate surface area is 123 Å². The van der Waals surface area contributed by atoms with E-state index in [9.17, 15) is 19.2 Å². The van der Waals surface area contributed by atoms with Crippen molar-refractivity contribution in [3.63, 3.8) is 0 Å². The molecule has 6 heteroatoms. The molecular weight excluding hydrogens is 276 g/mol. The number of hydrogen-bond acceptors (Lipinski definition) is 6. The molecule has 3 saturated carbocycles. The van der Waals surface area contributed by atoms with E-state index in [-0.39, 0.29) is 50.5 Å². The number of ketones is 2. The first kappa shape index (κ1) is 15.7. The maximum absolute atomic E-state index is 12.5. The monoisotopic (exact) mass is 296 g/mol. The third kappa shape index (κ3) is 2.26. The Morgan fingerprint density at radius 1 is 0.905 bits per heavy atom. The number of hydrogen-bond donors (Lipinski definition) is 0. The summed E-state index contributed by atoms with van der Waals surface area (Å²) in [4.78, 5) is 49.4. The van der Waals surface area contributed by atoms with E-state index in [1.54, 1.807) is 13.8 Å². The molecule has 3 aliphatic carbocycles. The lowest BCUT2D eigenvalue weighted by Crippen LogP contribution is -2.53. The first-order valence-electron chi connectivity index (χ1n) is 7.34. The van der Waals surface area contributed by atoms with Crippen LogP contribution < -0.4 is 0 Å². The van der Waals surface area contributed by atoms with Crippen LogP contribution in [0.25, 0.3) is 0 Å². The molecule has 0 aliphatic heterocycles. The number of ether oxygens (including phenoxy) is 2. The first-order chi connectivity index (χ1) is 9.93. The summed E-state index contributed by atoms with van der Waals surface area (Å²) in [5.41, 5.74) is -2.78. The predicted octanol–water partition coefficient (Wildman–Crippen LogP) is 1.20. The highest BCUT2D eigenvalue weighted by Crippen LogP contribution is 2.51. The van der Waals surface area contributed by atoms with Gasteiger partial charge in [0.05, 0.1) is 13.2 Å². The number of carbonyl (C=O) groups is 4. The lowest BCUT2D eigenvalue weighted by atomic mass is 9.63. The first-order valence-corrected chi connectivity index (χ1v) is 7.34. The molecule has 0 aromatic rings. The van der Waals surface area contributed by atoms with Gasteiger partial charge in [-0.05, 0) is 26.7 Å². The molecule has 3 aliphatic rings. The Balaban J connectivity index is 2.37. The van der Waals surface area contributed by atoms with Crippen LogP contribution in [-0.2, 0) is 28.7 Å². The van der Waals surface area contributed by atoms with Crippen LogP contribution in [0.3, 0.4) is 0 Å². The standard InChI is InChI=1S/C15H20O6/c1-3-20-12(18)14-6-5-7-15(9-10(14)16,11(17)8-14)13(19)21-4-2/h3-9H2,1-2H3/t14-,15-/m0/s1. The Kier molecular flexibility index (Phi) is 4.16. The lowest BCUT2D eigenvalue weighted by molar-refractivity contribution is -0.174. The highest BCUT2D eigenvalue weighted by Gasteiger charge is 2.63. The van der Waals surface area contributed by atoms with Crippen molar-refractivity contribution in [1.29, 1.82) is 0 Å². The predicted molar refractivity (Wildman–Crippen MR) is 71.2 cm³/mol. The number of Topliss-reactive ketones (excluding diaryl/α,β-unsaturated/α-hetero) is 2. The lowest BCUT2D eigenvalue weighted by Gasteiger charge is -2.37. The van der Waals surface area contributed by atoms with E-state index in [1.165, 1.54) is 0 Å². The molecule has 21 heavy (non-hydrogen) atoms. The van der Waals surface area contributed by atoms with Gasteiger partial charge >= 0.3 is 11.9 Å². The van der Waals surface area contributed by atoms with Gasteiger partial charge in [0.25, 0.3) is 0 Å². The molecule has 2 bridgehead atoms. The van der Waals surface area contributed by atoms with Crippen molar-refractivity contribution < 1.29 is 28.7 Å². The molecule has 0 radical (unpaired) electrons. The highest BCUT2D eigenvalue weighted by molar-refractivity contribution is 6.18. The Hall–Kier alpha value is -1.72. The maximum atomic E-state index is 12.5. The smallest absolute Gasteiger partial charge is 0.320 e. The molecule has 0 spiro atoms. The molecule has 0 N–H and O–H groups in total. The van der Waals surface area contributed by atoms with Gasteiger partial charge in [0.15, 0.2) is 11.6 Å².